The van der Waals surface area contributed by atoms with Gasteiger partial charge in [0.25, 0.3) is 0 Å². The van der Waals surface area contributed by atoms with E-state index in [0.717, 1.165) is 0 Å². The lowest BCUT2D eigenvalue weighted by Crippen LogP contribution is -1.97. The number of pyridine rings is 1. The van der Waals surface area contributed by atoms with Gasteiger partial charge in [0.15, 0.2) is 5.82 Å². The summed E-state index contributed by atoms with van der Waals surface area (Å²) in [6.45, 7) is 5.56. The molecule has 12 heavy (non-hydrogen) atoms. The molecule has 2 aromatic heterocycles. The summed E-state index contributed by atoms with van der Waals surface area (Å²) in [6, 6.07) is 3.45. The molecule has 2 radical (unpaired) electrons. The molecular formula is C8H6N4. The summed E-state index contributed by atoms with van der Waals surface area (Å²) >= 11 is 0. The zero-order valence-corrected chi connectivity index (χ0v) is 6.25. The molecule has 0 bridgehead atoms. The van der Waals surface area contributed by atoms with Gasteiger partial charge in [-0.1, -0.05) is 0 Å². The highest BCUT2D eigenvalue weighted by Gasteiger charge is 1.96. The predicted octanol–water partition coefficient (Wildman–Crippen LogP) is 0.721. The summed E-state index contributed by atoms with van der Waals surface area (Å²) in [5.41, 5.74) is 0.663. The van der Waals surface area contributed by atoms with Crippen LogP contribution in [0.1, 0.15) is 5.56 Å². The molecule has 4 nitrogen and oxygen atoms in total. The van der Waals surface area contributed by atoms with Crippen LogP contribution < -0.4 is 0 Å². The van der Waals surface area contributed by atoms with E-state index in [9.17, 15) is 0 Å². The van der Waals surface area contributed by atoms with Gasteiger partial charge in [-0.3, -0.25) is 0 Å². The Hall–Kier alpha value is -1.71. The molecule has 58 valence electrons. The van der Waals surface area contributed by atoms with E-state index < -0.39 is 0 Å². The molecule has 4 heteroatoms. The maximum absolute atomic E-state index is 5.56. The zero-order chi connectivity index (χ0) is 8.39. The van der Waals surface area contributed by atoms with Crippen LogP contribution in [0.5, 0.6) is 0 Å². The largest absolute Gasteiger partial charge is 0.237 e. The van der Waals surface area contributed by atoms with Crippen molar-refractivity contribution in [1.82, 2.24) is 19.7 Å². The third-order valence-electron chi connectivity index (χ3n) is 1.42. The van der Waals surface area contributed by atoms with Gasteiger partial charge in [-0.05, 0) is 24.6 Å². The second-order valence-corrected chi connectivity index (χ2v) is 2.29. The van der Waals surface area contributed by atoms with Crippen molar-refractivity contribution < 1.29 is 0 Å². The van der Waals surface area contributed by atoms with Crippen LogP contribution in [-0.2, 0) is 0 Å². The molecule has 0 fully saturated rings. The van der Waals surface area contributed by atoms with Crippen LogP contribution in [0.25, 0.3) is 5.82 Å². The SMILES string of the molecule is [CH]c1ccnc(-n2cncn2)c1. The Kier molecular flexibility index (Phi) is 1.59. The fraction of sp³-hybridized carbons (Fsp3) is 0. The molecule has 0 aliphatic carbocycles. The molecule has 0 aromatic carbocycles. The molecule has 0 atom stereocenters. The molecule has 2 aromatic rings. The van der Waals surface area contributed by atoms with Crippen LogP contribution in [0.15, 0.2) is 31.0 Å². The molecule has 0 aliphatic heterocycles. The monoisotopic (exact) mass is 158 g/mol. The number of rotatable bonds is 1. The summed E-state index contributed by atoms with van der Waals surface area (Å²) in [6.07, 6.45) is 4.65. The lowest BCUT2D eigenvalue weighted by Gasteiger charge is -1.98. The predicted molar refractivity (Wildman–Crippen MR) is 42.6 cm³/mol. The van der Waals surface area contributed by atoms with E-state index in [2.05, 4.69) is 15.1 Å². The van der Waals surface area contributed by atoms with E-state index in [-0.39, 0.29) is 0 Å². The maximum atomic E-state index is 5.56. The van der Waals surface area contributed by atoms with Gasteiger partial charge in [0.2, 0.25) is 0 Å². The first-order valence-corrected chi connectivity index (χ1v) is 3.43. The highest BCUT2D eigenvalue weighted by molar-refractivity contribution is 5.27. The van der Waals surface area contributed by atoms with Crippen LogP contribution in [0.3, 0.4) is 0 Å². The van der Waals surface area contributed by atoms with Crippen molar-refractivity contribution in [3.05, 3.63) is 43.5 Å². The standard InChI is InChI=1S/C8H6N4/c1-7-2-3-10-8(4-7)12-6-9-5-11-12/h1-6H. The minimum atomic E-state index is 0.663. The third-order valence-corrected chi connectivity index (χ3v) is 1.42. The average Bonchev–Trinajstić information content (AvgIpc) is 2.56. The summed E-state index contributed by atoms with van der Waals surface area (Å²) in [7, 11) is 0. The van der Waals surface area contributed by atoms with Crippen molar-refractivity contribution in [1.29, 1.82) is 0 Å². The quantitative estimate of drug-likeness (QED) is 0.614. The number of hydrogen-bond acceptors (Lipinski definition) is 3. The Morgan fingerprint density at radius 2 is 2.33 bits per heavy atom. The lowest BCUT2D eigenvalue weighted by molar-refractivity contribution is 0.844. The Morgan fingerprint density at radius 1 is 1.42 bits per heavy atom. The molecule has 0 saturated heterocycles. The van der Waals surface area contributed by atoms with Gasteiger partial charge in [-0.2, -0.15) is 5.10 Å². The molecule has 0 aliphatic rings. The summed E-state index contributed by atoms with van der Waals surface area (Å²) in [5, 5.41) is 3.92. The first-order chi connectivity index (χ1) is 5.86. The normalized spacial score (nSPS) is 10.1. The Morgan fingerprint density at radius 3 is 3.00 bits per heavy atom. The smallest absolute Gasteiger partial charge is 0.155 e. The van der Waals surface area contributed by atoms with Gasteiger partial charge < -0.3 is 0 Å². The minimum absolute atomic E-state index is 0.663. The number of nitrogens with zero attached hydrogens (tertiary/aromatic N) is 4. The average molecular weight is 158 g/mol. The van der Waals surface area contributed by atoms with Crippen LogP contribution in [-0.4, -0.2) is 19.7 Å². The van der Waals surface area contributed by atoms with Gasteiger partial charge in [0.1, 0.15) is 12.7 Å². The van der Waals surface area contributed by atoms with Crippen molar-refractivity contribution in [2.45, 2.75) is 0 Å². The van der Waals surface area contributed by atoms with E-state index in [0.29, 0.717) is 11.4 Å². The van der Waals surface area contributed by atoms with Crippen molar-refractivity contribution in [2.24, 2.45) is 0 Å². The Bertz CT molecular complexity index is 366. The number of hydrogen-bond donors (Lipinski definition) is 0. The summed E-state index contributed by atoms with van der Waals surface area (Å²) in [4.78, 5) is 7.86. The van der Waals surface area contributed by atoms with Gasteiger partial charge in [-0.15, -0.1) is 0 Å². The van der Waals surface area contributed by atoms with Crippen molar-refractivity contribution >= 4 is 0 Å². The number of aromatic nitrogens is 4. The lowest BCUT2D eigenvalue weighted by atomic mass is 10.3. The zero-order valence-electron chi connectivity index (χ0n) is 6.25. The van der Waals surface area contributed by atoms with Crippen LogP contribution in [0, 0.1) is 6.92 Å². The first kappa shape index (κ1) is 6.97. The third kappa shape index (κ3) is 1.18. The van der Waals surface area contributed by atoms with E-state index >= 15 is 0 Å². The molecule has 2 heterocycles. The fourth-order valence-corrected chi connectivity index (χ4v) is 0.886. The summed E-state index contributed by atoms with van der Waals surface area (Å²) < 4.78 is 1.55. The van der Waals surface area contributed by atoms with E-state index in [1.807, 2.05) is 0 Å². The van der Waals surface area contributed by atoms with E-state index in [4.69, 9.17) is 6.92 Å². The van der Waals surface area contributed by atoms with Crippen LogP contribution >= 0.6 is 0 Å². The minimum Gasteiger partial charge on any atom is -0.237 e. The van der Waals surface area contributed by atoms with Crippen molar-refractivity contribution in [3.8, 4) is 5.82 Å². The molecule has 2 rings (SSSR count). The second-order valence-electron chi connectivity index (χ2n) is 2.29. The first-order valence-electron chi connectivity index (χ1n) is 3.43. The molecule has 0 spiro atoms. The Labute approximate surface area is 69.9 Å². The van der Waals surface area contributed by atoms with Gasteiger partial charge >= 0.3 is 0 Å². The highest BCUT2D eigenvalue weighted by atomic mass is 15.3. The summed E-state index contributed by atoms with van der Waals surface area (Å²) in [5.74, 6) is 0.674. The molecule has 0 saturated carbocycles. The maximum Gasteiger partial charge on any atom is 0.155 e. The molecule has 0 N–H and O–H groups in total. The molecular weight excluding hydrogens is 152 g/mol. The highest BCUT2D eigenvalue weighted by Crippen LogP contribution is 2.02. The fourth-order valence-electron chi connectivity index (χ4n) is 0.886. The van der Waals surface area contributed by atoms with Crippen LogP contribution in [0.2, 0.25) is 0 Å². The van der Waals surface area contributed by atoms with Crippen molar-refractivity contribution in [2.75, 3.05) is 0 Å². The van der Waals surface area contributed by atoms with Gasteiger partial charge in [0.05, 0.1) is 0 Å². The van der Waals surface area contributed by atoms with E-state index in [1.165, 1.54) is 6.33 Å². The second kappa shape index (κ2) is 2.73. The van der Waals surface area contributed by atoms with Crippen molar-refractivity contribution in [3.63, 3.8) is 0 Å². The topological polar surface area (TPSA) is 43.6 Å². The van der Waals surface area contributed by atoms with Gasteiger partial charge in [0, 0.05) is 6.20 Å². The molecule has 0 amide bonds. The molecule has 0 unspecified atom stereocenters. The van der Waals surface area contributed by atoms with E-state index in [1.54, 1.807) is 29.3 Å². The van der Waals surface area contributed by atoms with Gasteiger partial charge in [-0.25, -0.2) is 14.6 Å². The van der Waals surface area contributed by atoms with Crippen LogP contribution in [0.4, 0.5) is 0 Å². The Balaban J connectivity index is 2.48.